The van der Waals surface area contributed by atoms with Crippen molar-refractivity contribution in [1.29, 1.82) is 0 Å². The van der Waals surface area contributed by atoms with Crippen molar-refractivity contribution in [3.05, 3.63) is 66.4 Å². The fourth-order valence-corrected chi connectivity index (χ4v) is 3.48. The number of carbonyl (C=O) groups is 1. The minimum Gasteiger partial charge on any atom is -0.497 e. The number of methoxy groups -OCH3 is 1. The Balaban J connectivity index is 1.74. The number of para-hydroxylation sites is 1. The highest BCUT2D eigenvalue weighted by atomic mass is 16.5. The molecule has 0 atom stereocenters. The number of ether oxygens (including phenoxy) is 1. The van der Waals surface area contributed by atoms with Crippen molar-refractivity contribution in [3.8, 4) is 22.7 Å². The van der Waals surface area contributed by atoms with Gasteiger partial charge in [0, 0.05) is 30.9 Å². The van der Waals surface area contributed by atoms with E-state index in [0.29, 0.717) is 24.3 Å². The molecule has 4 rings (SSSR count). The summed E-state index contributed by atoms with van der Waals surface area (Å²) >= 11 is 0. The van der Waals surface area contributed by atoms with Crippen LogP contribution in [0.1, 0.15) is 23.2 Å². The summed E-state index contributed by atoms with van der Waals surface area (Å²) in [6.07, 6.45) is 3.48. The van der Waals surface area contributed by atoms with E-state index in [9.17, 15) is 4.79 Å². The Labute approximate surface area is 164 Å². The van der Waals surface area contributed by atoms with Gasteiger partial charge in [-0.05, 0) is 49.2 Å². The average Bonchev–Trinajstić information content (AvgIpc) is 3.20. The van der Waals surface area contributed by atoms with Gasteiger partial charge in [-0.3, -0.25) is 4.79 Å². The SMILES string of the molecule is COc1ccc(-c2nn(-c3ccccc3)cc2C(=O)N2CCC(N)CC2)cc1. The topological polar surface area (TPSA) is 73.4 Å². The Kier molecular flexibility index (Phi) is 5.12. The molecule has 0 unspecified atom stereocenters. The fourth-order valence-electron chi connectivity index (χ4n) is 3.48. The smallest absolute Gasteiger partial charge is 0.257 e. The number of nitrogens with zero attached hydrogens (tertiary/aromatic N) is 3. The summed E-state index contributed by atoms with van der Waals surface area (Å²) in [5.41, 5.74) is 9.07. The molecule has 1 aromatic heterocycles. The van der Waals surface area contributed by atoms with Gasteiger partial charge in [-0.2, -0.15) is 5.10 Å². The fraction of sp³-hybridized carbons (Fsp3) is 0.273. The summed E-state index contributed by atoms with van der Waals surface area (Å²) < 4.78 is 7.02. The van der Waals surface area contributed by atoms with E-state index in [0.717, 1.165) is 29.8 Å². The molecule has 144 valence electrons. The van der Waals surface area contributed by atoms with Gasteiger partial charge in [0.25, 0.3) is 5.91 Å². The van der Waals surface area contributed by atoms with E-state index in [1.807, 2.05) is 65.7 Å². The highest BCUT2D eigenvalue weighted by Crippen LogP contribution is 2.27. The Bertz CT molecular complexity index is 942. The number of carbonyl (C=O) groups excluding carboxylic acids is 1. The maximum Gasteiger partial charge on any atom is 0.257 e. The summed E-state index contributed by atoms with van der Waals surface area (Å²) in [6, 6.07) is 17.6. The highest BCUT2D eigenvalue weighted by Gasteiger charge is 2.26. The first-order chi connectivity index (χ1) is 13.7. The van der Waals surface area contributed by atoms with Crippen LogP contribution in [0.4, 0.5) is 0 Å². The quantitative estimate of drug-likeness (QED) is 0.759. The van der Waals surface area contributed by atoms with Crippen molar-refractivity contribution in [2.45, 2.75) is 18.9 Å². The minimum atomic E-state index is -0.0000934. The third-order valence-electron chi connectivity index (χ3n) is 5.16. The van der Waals surface area contributed by atoms with Gasteiger partial charge < -0.3 is 15.4 Å². The third kappa shape index (κ3) is 3.64. The second-order valence-corrected chi connectivity index (χ2v) is 7.03. The molecular weight excluding hydrogens is 352 g/mol. The first-order valence-electron chi connectivity index (χ1n) is 9.50. The molecular formula is C22H24N4O2. The predicted molar refractivity (Wildman–Crippen MR) is 109 cm³/mol. The maximum absolute atomic E-state index is 13.3. The normalized spacial score (nSPS) is 14.9. The zero-order chi connectivity index (χ0) is 19.5. The van der Waals surface area contributed by atoms with E-state index in [1.54, 1.807) is 11.8 Å². The van der Waals surface area contributed by atoms with E-state index < -0.39 is 0 Å². The molecule has 1 fully saturated rings. The Morgan fingerprint density at radius 2 is 1.75 bits per heavy atom. The Morgan fingerprint density at radius 1 is 1.07 bits per heavy atom. The lowest BCUT2D eigenvalue weighted by Gasteiger charge is -2.30. The van der Waals surface area contributed by atoms with Crippen molar-refractivity contribution >= 4 is 5.91 Å². The number of nitrogens with two attached hydrogens (primary N) is 1. The molecule has 1 aliphatic heterocycles. The molecule has 0 bridgehead atoms. The minimum absolute atomic E-state index is 0.0000934. The van der Waals surface area contributed by atoms with Crippen LogP contribution in [0.2, 0.25) is 0 Å². The third-order valence-corrected chi connectivity index (χ3v) is 5.16. The molecule has 1 aliphatic rings. The van der Waals surface area contributed by atoms with Crippen LogP contribution in [0.15, 0.2) is 60.8 Å². The average molecular weight is 376 g/mol. The van der Waals surface area contributed by atoms with Crippen LogP contribution < -0.4 is 10.5 Å². The number of piperidine rings is 1. The van der Waals surface area contributed by atoms with E-state index >= 15 is 0 Å². The number of hydrogen-bond acceptors (Lipinski definition) is 4. The molecule has 6 heteroatoms. The summed E-state index contributed by atoms with van der Waals surface area (Å²) in [4.78, 5) is 15.2. The van der Waals surface area contributed by atoms with Gasteiger partial charge in [-0.15, -0.1) is 0 Å². The largest absolute Gasteiger partial charge is 0.497 e. The van der Waals surface area contributed by atoms with Crippen LogP contribution in [0.25, 0.3) is 16.9 Å². The summed E-state index contributed by atoms with van der Waals surface area (Å²) in [5, 5.41) is 4.74. The van der Waals surface area contributed by atoms with E-state index in [1.165, 1.54) is 0 Å². The van der Waals surface area contributed by atoms with Crippen molar-refractivity contribution in [1.82, 2.24) is 14.7 Å². The van der Waals surface area contributed by atoms with Crippen LogP contribution in [0.3, 0.4) is 0 Å². The zero-order valence-electron chi connectivity index (χ0n) is 15.9. The molecule has 3 aromatic rings. The van der Waals surface area contributed by atoms with Gasteiger partial charge in [-0.25, -0.2) is 4.68 Å². The van der Waals surface area contributed by atoms with Crippen LogP contribution in [-0.4, -0.2) is 46.8 Å². The van der Waals surface area contributed by atoms with Crippen LogP contribution in [-0.2, 0) is 0 Å². The summed E-state index contributed by atoms with van der Waals surface area (Å²) in [6.45, 7) is 1.36. The second-order valence-electron chi connectivity index (χ2n) is 7.03. The molecule has 0 saturated carbocycles. The first-order valence-corrected chi connectivity index (χ1v) is 9.50. The monoisotopic (exact) mass is 376 g/mol. The number of likely N-dealkylation sites (tertiary alicyclic amines) is 1. The molecule has 28 heavy (non-hydrogen) atoms. The lowest BCUT2D eigenvalue weighted by atomic mass is 10.0. The summed E-state index contributed by atoms with van der Waals surface area (Å²) in [5.74, 6) is 0.768. The van der Waals surface area contributed by atoms with Crippen molar-refractivity contribution in [2.75, 3.05) is 20.2 Å². The van der Waals surface area contributed by atoms with Crippen LogP contribution in [0, 0.1) is 0 Å². The number of aromatic nitrogens is 2. The Morgan fingerprint density at radius 3 is 2.39 bits per heavy atom. The predicted octanol–water partition coefficient (Wildman–Crippen LogP) is 3.11. The lowest BCUT2D eigenvalue weighted by Crippen LogP contribution is -2.42. The molecule has 0 radical (unpaired) electrons. The zero-order valence-corrected chi connectivity index (χ0v) is 15.9. The van der Waals surface area contributed by atoms with Gasteiger partial charge in [-0.1, -0.05) is 18.2 Å². The standard InChI is InChI=1S/C22H24N4O2/c1-28-19-9-7-16(8-10-19)21-20(22(27)25-13-11-17(23)12-14-25)15-26(24-21)18-5-3-2-4-6-18/h2-10,15,17H,11-14,23H2,1H3. The Hall–Kier alpha value is -3.12. The second kappa shape index (κ2) is 7.86. The van der Waals surface area contributed by atoms with Crippen molar-refractivity contribution in [2.24, 2.45) is 5.73 Å². The van der Waals surface area contributed by atoms with Crippen LogP contribution in [0.5, 0.6) is 5.75 Å². The van der Waals surface area contributed by atoms with Gasteiger partial charge in [0.2, 0.25) is 0 Å². The van der Waals surface area contributed by atoms with E-state index in [4.69, 9.17) is 15.6 Å². The molecule has 1 amide bonds. The molecule has 2 aromatic carbocycles. The molecule has 2 N–H and O–H groups in total. The highest BCUT2D eigenvalue weighted by molar-refractivity contribution is 6.00. The molecule has 2 heterocycles. The summed E-state index contributed by atoms with van der Waals surface area (Å²) in [7, 11) is 1.63. The number of benzene rings is 2. The maximum atomic E-state index is 13.3. The van der Waals surface area contributed by atoms with E-state index in [2.05, 4.69) is 0 Å². The number of hydrogen-bond donors (Lipinski definition) is 1. The molecule has 6 nitrogen and oxygen atoms in total. The van der Waals surface area contributed by atoms with Gasteiger partial charge in [0.15, 0.2) is 0 Å². The number of amides is 1. The first kappa shape index (κ1) is 18.3. The molecule has 0 spiro atoms. The lowest BCUT2D eigenvalue weighted by molar-refractivity contribution is 0.0715. The van der Waals surface area contributed by atoms with Gasteiger partial charge in [0.05, 0.1) is 18.4 Å². The van der Waals surface area contributed by atoms with Crippen LogP contribution >= 0.6 is 0 Å². The van der Waals surface area contributed by atoms with Gasteiger partial charge >= 0.3 is 0 Å². The van der Waals surface area contributed by atoms with Crippen molar-refractivity contribution < 1.29 is 9.53 Å². The molecule has 0 aliphatic carbocycles. The molecule has 1 saturated heterocycles. The van der Waals surface area contributed by atoms with Crippen molar-refractivity contribution in [3.63, 3.8) is 0 Å². The van der Waals surface area contributed by atoms with E-state index in [-0.39, 0.29) is 11.9 Å². The number of rotatable bonds is 4. The van der Waals surface area contributed by atoms with Gasteiger partial charge in [0.1, 0.15) is 11.4 Å².